The van der Waals surface area contributed by atoms with E-state index in [0.717, 1.165) is 9.37 Å². The van der Waals surface area contributed by atoms with Crippen LogP contribution in [0.2, 0.25) is 0 Å². The van der Waals surface area contributed by atoms with Crippen LogP contribution < -0.4 is 0 Å². The Hall–Kier alpha value is -2.22. The number of benzene rings is 1. The molecule has 4 atom stereocenters. The number of halogens is 1. The van der Waals surface area contributed by atoms with Crippen molar-refractivity contribution in [3.05, 3.63) is 34.3 Å². The van der Waals surface area contributed by atoms with E-state index >= 15 is 0 Å². The van der Waals surface area contributed by atoms with Crippen molar-refractivity contribution in [2.45, 2.75) is 18.5 Å². The van der Waals surface area contributed by atoms with Gasteiger partial charge in [-0.05, 0) is 31.2 Å². The van der Waals surface area contributed by atoms with Crippen molar-refractivity contribution < 1.29 is 19.2 Å². The van der Waals surface area contributed by atoms with Crippen LogP contribution in [0.1, 0.15) is 17.3 Å². The van der Waals surface area contributed by atoms with E-state index < -0.39 is 23.4 Å². The van der Waals surface area contributed by atoms with Crippen molar-refractivity contribution in [3.63, 3.8) is 0 Å². The molecular weight excluding hydrogens is 402 g/mol. The Morgan fingerprint density at radius 1 is 1.12 bits per heavy atom. The molecule has 3 heterocycles. The highest BCUT2D eigenvalue weighted by atomic mass is 79.9. The molecule has 3 saturated heterocycles. The van der Waals surface area contributed by atoms with Gasteiger partial charge in [-0.15, -0.1) is 0 Å². The van der Waals surface area contributed by atoms with E-state index in [-0.39, 0.29) is 30.2 Å². The van der Waals surface area contributed by atoms with Crippen LogP contribution in [0.3, 0.4) is 0 Å². The van der Waals surface area contributed by atoms with Gasteiger partial charge in [0.25, 0.3) is 5.91 Å². The predicted octanol–water partition coefficient (Wildman–Crippen LogP) is 0.735. The fraction of sp³-hybridized carbons (Fsp3) is 0.444. The number of fused-ring (bicyclic) bond motifs is 5. The van der Waals surface area contributed by atoms with Crippen molar-refractivity contribution in [2.75, 3.05) is 20.6 Å². The molecule has 0 N–H and O–H groups in total. The molecule has 4 amide bonds. The van der Waals surface area contributed by atoms with Gasteiger partial charge in [-0.2, -0.15) is 0 Å². The highest BCUT2D eigenvalue weighted by Crippen LogP contribution is 2.52. The normalized spacial score (nSPS) is 33.2. The highest BCUT2D eigenvalue weighted by Gasteiger charge is 2.73. The first-order chi connectivity index (χ1) is 12.2. The molecule has 0 radical (unpaired) electrons. The molecule has 2 bridgehead atoms. The Balaban J connectivity index is 1.85. The Morgan fingerprint density at radius 2 is 1.73 bits per heavy atom. The zero-order valence-corrected chi connectivity index (χ0v) is 16.2. The second-order valence-corrected chi connectivity index (χ2v) is 8.24. The molecule has 8 heteroatoms. The number of imide groups is 1. The third kappa shape index (κ3) is 1.93. The fourth-order valence-corrected chi connectivity index (χ4v) is 5.01. The smallest absolute Gasteiger partial charge is 0.255 e. The topological polar surface area (TPSA) is 78.0 Å². The van der Waals surface area contributed by atoms with Crippen molar-refractivity contribution in [1.82, 2.24) is 14.7 Å². The number of carbonyl (C=O) groups is 4. The molecule has 3 fully saturated rings. The lowest BCUT2D eigenvalue weighted by molar-refractivity contribution is -0.153. The maximum atomic E-state index is 13.3. The summed E-state index contributed by atoms with van der Waals surface area (Å²) in [7, 11) is 3.09. The van der Waals surface area contributed by atoms with Crippen LogP contribution in [0.25, 0.3) is 0 Å². The van der Waals surface area contributed by atoms with Gasteiger partial charge in [-0.25, -0.2) is 0 Å². The third-order valence-electron chi connectivity index (χ3n) is 5.97. The third-order valence-corrected chi connectivity index (χ3v) is 6.50. The van der Waals surface area contributed by atoms with Gasteiger partial charge in [0.15, 0.2) is 0 Å². The number of hydrogen-bond donors (Lipinski definition) is 0. The number of piperazine rings is 1. The van der Waals surface area contributed by atoms with Crippen molar-refractivity contribution >= 4 is 39.6 Å². The van der Waals surface area contributed by atoms with Gasteiger partial charge in [-0.1, -0.05) is 15.9 Å². The van der Waals surface area contributed by atoms with Gasteiger partial charge >= 0.3 is 0 Å². The van der Waals surface area contributed by atoms with Crippen LogP contribution in [-0.2, 0) is 14.4 Å². The van der Waals surface area contributed by atoms with Gasteiger partial charge in [-0.3, -0.25) is 24.1 Å². The molecule has 26 heavy (non-hydrogen) atoms. The first-order valence-corrected chi connectivity index (χ1v) is 9.15. The average molecular weight is 420 g/mol. The summed E-state index contributed by atoms with van der Waals surface area (Å²) in [6.45, 7) is 1.86. The zero-order valence-electron chi connectivity index (χ0n) is 14.6. The average Bonchev–Trinajstić information content (AvgIpc) is 2.97. The molecule has 7 nitrogen and oxygen atoms in total. The fourth-order valence-electron chi connectivity index (χ4n) is 4.74. The standard InChI is InChI=1S/C18H18BrN3O4/c1-18-13-12(15(24)21(3)16(13)25)11(8-20(2)17(18)26)22(18)14(23)9-4-6-10(19)7-5-9/h4-7,11-13H,8H2,1-3H3/t11?,12?,13?,18-/m1/s1. The minimum absolute atomic E-state index is 0.241. The Kier molecular flexibility index (Phi) is 3.57. The number of likely N-dealkylation sites (tertiary alicyclic amines) is 2. The quantitative estimate of drug-likeness (QED) is 0.628. The number of carbonyl (C=O) groups excluding carboxylic acids is 4. The van der Waals surface area contributed by atoms with Crippen LogP contribution in [0, 0.1) is 11.8 Å². The molecule has 4 rings (SSSR count). The Morgan fingerprint density at radius 3 is 2.35 bits per heavy atom. The largest absolute Gasteiger partial charge is 0.342 e. The van der Waals surface area contributed by atoms with Gasteiger partial charge in [0.2, 0.25) is 17.7 Å². The summed E-state index contributed by atoms with van der Waals surface area (Å²) >= 11 is 3.34. The minimum Gasteiger partial charge on any atom is -0.342 e. The summed E-state index contributed by atoms with van der Waals surface area (Å²) in [4.78, 5) is 55.8. The molecule has 1 aromatic carbocycles. The summed E-state index contributed by atoms with van der Waals surface area (Å²) in [5, 5.41) is 0. The predicted molar refractivity (Wildman–Crippen MR) is 94.9 cm³/mol. The van der Waals surface area contributed by atoms with E-state index in [4.69, 9.17) is 0 Å². The van der Waals surface area contributed by atoms with Crippen LogP contribution in [0.5, 0.6) is 0 Å². The van der Waals surface area contributed by atoms with E-state index in [1.807, 2.05) is 0 Å². The number of nitrogens with zero attached hydrogens (tertiary/aromatic N) is 3. The summed E-state index contributed by atoms with van der Waals surface area (Å²) in [5.41, 5.74) is -0.931. The number of amides is 4. The van der Waals surface area contributed by atoms with Gasteiger partial charge < -0.3 is 9.80 Å². The molecule has 1 aromatic rings. The van der Waals surface area contributed by atoms with Crippen molar-refractivity contribution in [1.29, 1.82) is 0 Å². The number of hydrogen-bond acceptors (Lipinski definition) is 4. The van der Waals surface area contributed by atoms with E-state index in [1.165, 1.54) is 16.8 Å². The molecule has 0 aliphatic carbocycles. The minimum atomic E-state index is -1.36. The molecule has 136 valence electrons. The van der Waals surface area contributed by atoms with Crippen LogP contribution in [-0.4, -0.2) is 70.5 Å². The molecule has 0 saturated carbocycles. The van der Waals surface area contributed by atoms with Gasteiger partial charge in [0.1, 0.15) is 5.54 Å². The molecule has 0 aromatic heterocycles. The van der Waals surface area contributed by atoms with E-state index in [0.29, 0.717) is 5.56 Å². The lowest BCUT2D eigenvalue weighted by Crippen LogP contribution is -2.67. The van der Waals surface area contributed by atoms with Crippen molar-refractivity contribution in [2.24, 2.45) is 11.8 Å². The Bertz CT molecular complexity index is 854. The van der Waals surface area contributed by atoms with E-state index in [1.54, 1.807) is 38.2 Å². The summed E-state index contributed by atoms with van der Waals surface area (Å²) < 4.78 is 0.835. The SMILES string of the molecule is CN1CC2C3C(=O)N(C)C(=O)C3[C@](C)(C1=O)N2C(=O)c1ccc(Br)cc1. The van der Waals surface area contributed by atoms with Crippen LogP contribution in [0.15, 0.2) is 28.7 Å². The van der Waals surface area contributed by atoms with Crippen LogP contribution in [0.4, 0.5) is 0 Å². The van der Waals surface area contributed by atoms with E-state index in [9.17, 15) is 19.2 Å². The van der Waals surface area contributed by atoms with Gasteiger partial charge in [0, 0.05) is 30.7 Å². The summed E-state index contributed by atoms with van der Waals surface area (Å²) in [6.07, 6.45) is 0. The first kappa shape index (κ1) is 17.2. The second-order valence-electron chi connectivity index (χ2n) is 7.32. The Labute approximate surface area is 159 Å². The van der Waals surface area contributed by atoms with Crippen molar-refractivity contribution in [3.8, 4) is 0 Å². The lowest BCUT2D eigenvalue weighted by atomic mass is 9.81. The number of rotatable bonds is 1. The maximum Gasteiger partial charge on any atom is 0.255 e. The van der Waals surface area contributed by atoms with Gasteiger partial charge in [0.05, 0.1) is 17.9 Å². The molecular formula is C18H18BrN3O4. The second kappa shape index (κ2) is 5.39. The van der Waals surface area contributed by atoms with E-state index in [2.05, 4.69) is 15.9 Å². The molecule has 3 unspecified atom stereocenters. The first-order valence-electron chi connectivity index (χ1n) is 8.35. The monoisotopic (exact) mass is 419 g/mol. The molecule has 3 aliphatic rings. The zero-order chi connectivity index (χ0) is 19.0. The molecule has 0 spiro atoms. The maximum absolute atomic E-state index is 13.3. The molecule has 3 aliphatic heterocycles. The summed E-state index contributed by atoms with van der Waals surface area (Å²) in [6, 6.07) is 6.33. The highest BCUT2D eigenvalue weighted by molar-refractivity contribution is 9.10. The summed E-state index contributed by atoms with van der Waals surface area (Å²) in [5.74, 6) is -2.84. The lowest BCUT2D eigenvalue weighted by Gasteiger charge is -2.46. The number of likely N-dealkylation sites (N-methyl/N-ethyl adjacent to an activating group) is 1. The van der Waals surface area contributed by atoms with Crippen LogP contribution >= 0.6 is 15.9 Å².